The zero-order chi connectivity index (χ0) is 13.8. The van der Waals surface area contributed by atoms with Crippen molar-refractivity contribution in [3.8, 4) is 0 Å². The quantitative estimate of drug-likeness (QED) is 0.747. The highest BCUT2D eigenvalue weighted by Gasteiger charge is 2.11. The molecule has 0 bridgehead atoms. The standard InChI is InChI=1S/C12H20N6O/c1-16(9-12-14-3-4-17(12)2)7-11(19)8-18-6-10(13)5-15-18/h3-6,11,19H,7-9,13H2,1-2H3. The molecule has 2 aromatic rings. The molecule has 1 unspecified atom stereocenters. The first-order valence-electron chi connectivity index (χ1n) is 6.15. The molecule has 0 saturated carbocycles. The average molecular weight is 264 g/mol. The molecule has 3 N–H and O–H groups in total. The van der Waals surface area contributed by atoms with Crippen molar-refractivity contribution in [2.75, 3.05) is 19.3 Å². The fraction of sp³-hybridized carbons (Fsp3) is 0.500. The highest BCUT2D eigenvalue weighted by atomic mass is 16.3. The number of rotatable bonds is 6. The minimum absolute atomic E-state index is 0.433. The first kappa shape index (κ1) is 13.6. The summed E-state index contributed by atoms with van der Waals surface area (Å²) < 4.78 is 3.62. The van der Waals surface area contributed by atoms with Gasteiger partial charge in [0, 0.05) is 32.2 Å². The summed E-state index contributed by atoms with van der Waals surface area (Å²) in [4.78, 5) is 6.28. The number of nitrogens with zero attached hydrogens (tertiary/aromatic N) is 5. The molecule has 0 aliphatic heterocycles. The third-order valence-electron chi connectivity index (χ3n) is 2.91. The smallest absolute Gasteiger partial charge is 0.122 e. The normalized spacial score (nSPS) is 13.1. The molecule has 0 fully saturated rings. The lowest BCUT2D eigenvalue weighted by atomic mass is 10.3. The Morgan fingerprint density at radius 2 is 2.32 bits per heavy atom. The predicted molar refractivity (Wildman–Crippen MR) is 72.2 cm³/mol. The van der Waals surface area contributed by atoms with Crippen LogP contribution in [-0.4, -0.2) is 49.0 Å². The molecular weight excluding hydrogens is 244 g/mol. The third kappa shape index (κ3) is 3.80. The second-order valence-corrected chi connectivity index (χ2v) is 4.80. The van der Waals surface area contributed by atoms with Gasteiger partial charge < -0.3 is 15.4 Å². The lowest BCUT2D eigenvalue weighted by molar-refractivity contribution is 0.102. The largest absolute Gasteiger partial charge is 0.396 e. The van der Waals surface area contributed by atoms with E-state index in [1.165, 1.54) is 0 Å². The molecule has 104 valence electrons. The second kappa shape index (κ2) is 5.85. The Labute approximate surface area is 112 Å². The van der Waals surface area contributed by atoms with E-state index in [1.807, 2.05) is 29.8 Å². The van der Waals surface area contributed by atoms with Crippen molar-refractivity contribution < 1.29 is 5.11 Å². The summed E-state index contributed by atoms with van der Waals surface area (Å²) in [6, 6.07) is 0. The maximum atomic E-state index is 10.0. The van der Waals surface area contributed by atoms with Gasteiger partial charge >= 0.3 is 0 Å². The molecule has 2 heterocycles. The summed E-state index contributed by atoms with van der Waals surface area (Å²) in [5.41, 5.74) is 6.18. The first-order valence-corrected chi connectivity index (χ1v) is 6.15. The summed E-state index contributed by atoms with van der Waals surface area (Å²) in [7, 11) is 3.91. The fourth-order valence-electron chi connectivity index (χ4n) is 1.97. The van der Waals surface area contributed by atoms with Gasteiger partial charge in [-0.1, -0.05) is 0 Å². The summed E-state index contributed by atoms with van der Waals surface area (Å²) >= 11 is 0. The molecule has 7 nitrogen and oxygen atoms in total. The van der Waals surface area contributed by atoms with E-state index in [0.717, 1.165) is 5.82 Å². The molecule has 7 heteroatoms. The van der Waals surface area contributed by atoms with E-state index in [9.17, 15) is 5.11 Å². The number of anilines is 1. The van der Waals surface area contributed by atoms with Crippen molar-refractivity contribution in [3.63, 3.8) is 0 Å². The Bertz CT molecular complexity index is 520. The summed E-state index contributed by atoms with van der Waals surface area (Å²) in [5, 5.41) is 14.1. The zero-order valence-corrected chi connectivity index (χ0v) is 11.3. The van der Waals surface area contributed by atoms with Crippen LogP contribution in [0, 0.1) is 0 Å². The number of likely N-dealkylation sites (N-methyl/N-ethyl adjacent to an activating group) is 1. The molecule has 0 saturated heterocycles. The monoisotopic (exact) mass is 264 g/mol. The average Bonchev–Trinajstić information content (AvgIpc) is 2.89. The van der Waals surface area contributed by atoms with Crippen LogP contribution in [0.3, 0.4) is 0 Å². The number of nitrogen functional groups attached to an aromatic ring is 1. The zero-order valence-electron chi connectivity index (χ0n) is 11.3. The van der Waals surface area contributed by atoms with Crippen LogP contribution in [0.15, 0.2) is 24.8 Å². The number of aliphatic hydroxyl groups is 1. The van der Waals surface area contributed by atoms with Gasteiger partial charge in [0.05, 0.1) is 31.1 Å². The van der Waals surface area contributed by atoms with E-state index in [2.05, 4.69) is 10.1 Å². The lowest BCUT2D eigenvalue weighted by Gasteiger charge is -2.20. The summed E-state index contributed by atoms with van der Waals surface area (Å²) in [5.74, 6) is 0.970. The van der Waals surface area contributed by atoms with Crippen molar-refractivity contribution >= 4 is 5.69 Å². The van der Waals surface area contributed by atoms with E-state index in [1.54, 1.807) is 23.3 Å². The van der Waals surface area contributed by atoms with E-state index in [-0.39, 0.29) is 0 Å². The van der Waals surface area contributed by atoms with Gasteiger partial charge in [-0.2, -0.15) is 5.10 Å². The van der Waals surface area contributed by atoms with Gasteiger partial charge in [0.25, 0.3) is 0 Å². The van der Waals surface area contributed by atoms with Crippen LogP contribution in [0.4, 0.5) is 5.69 Å². The second-order valence-electron chi connectivity index (χ2n) is 4.80. The van der Waals surface area contributed by atoms with Crippen LogP contribution >= 0.6 is 0 Å². The van der Waals surface area contributed by atoms with Gasteiger partial charge in [-0.15, -0.1) is 0 Å². The number of nitrogens with two attached hydrogens (primary N) is 1. The molecule has 0 aliphatic rings. The molecule has 2 aromatic heterocycles. The summed E-state index contributed by atoms with van der Waals surface area (Å²) in [6.45, 7) is 1.68. The number of hydrogen-bond donors (Lipinski definition) is 2. The molecule has 0 amide bonds. The topological polar surface area (TPSA) is 85.1 Å². The van der Waals surface area contributed by atoms with Gasteiger partial charge in [-0.05, 0) is 7.05 Å². The Balaban J connectivity index is 1.81. The molecule has 2 rings (SSSR count). The number of aliphatic hydroxyl groups excluding tert-OH is 1. The maximum absolute atomic E-state index is 10.0. The van der Waals surface area contributed by atoms with Crippen molar-refractivity contribution in [1.29, 1.82) is 0 Å². The molecule has 0 aromatic carbocycles. The van der Waals surface area contributed by atoms with E-state index in [4.69, 9.17) is 5.73 Å². The number of aryl methyl sites for hydroxylation is 1. The predicted octanol–water partition coefficient (Wildman–Crippen LogP) is -0.308. The van der Waals surface area contributed by atoms with Gasteiger partial charge in [0.1, 0.15) is 5.82 Å². The maximum Gasteiger partial charge on any atom is 0.122 e. The van der Waals surface area contributed by atoms with Gasteiger partial charge in [0.2, 0.25) is 0 Å². The number of aromatic nitrogens is 4. The third-order valence-corrected chi connectivity index (χ3v) is 2.91. The van der Waals surface area contributed by atoms with Crippen LogP contribution in [-0.2, 0) is 20.1 Å². The highest BCUT2D eigenvalue weighted by Crippen LogP contribution is 2.03. The minimum atomic E-state index is -0.496. The van der Waals surface area contributed by atoms with Crippen LogP contribution in [0.2, 0.25) is 0 Å². The first-order chi connectivity index (χ1) is 9.04. The van der Waals surface area contributed by atoms with Gasteiger partial charge in [-0.25, -0.2) is 4.98 Å². The van der Waals surface area contributed by atoms with Crippen molar-refractivity contribution in [1.82, 2.24) is 24.2 Å². The number of imidazole rings is 1. The molecule has 0 spiro atoms. The van der Waals surface area contributed by atoms with E-state index < -0.39 is 6.10 Å². The Hall–Kier alpha value is -1.86. The van der Waals surface area contributed by atoms with Crippen LogP contribution in [0.1, 0.15) is 5.82 Å². The molecule has 0 aliphatic carbocycles. The Morgan fingerprint density at radius 3 is 2.89 bits per heavy atom. The minimum Gasteiger partial charge on any atom is -0.396 e. The highest BCUT2D eigenvalue weighted by molar-refractivity contribution is 5.30. The molecular formula is C12H20N6O. The van der Waals surface area contributed by atoms with Crippen LogP contribution < -0.4 is 5.73 Å². The molecule has 19 heavy (non-hydrogen) atoms. The Kier molecular flexibility index (Phi) is 4.18. The number of hydrogen-bond acceptors (Lipinski definition) is 5. The SMILES string of the molecule is CN(Cc1nccn1C)CC(O)Cn1cc(N)cn1. The van der Waals surface area contributed by atoms with Crippen molar-refractivity contribution in [2.24, 2.45) is 7.05 Å². The Morgan fingerprint density at radius 1 is 1.53 bits per heavy atom. The summed E-state index contributed by atoms with van der Waals surface area (Å²) in [6.07, 6.45) is 6.47. The van der Waals surface area contributed by atoms with Gasteiger partial charge in [0.15, 0.2) is 0 Å². The lowest BCUT2D eigenvalue weighted by Crippen LogP contribution is -2.32. The van der Waals surface area contributed by atoms with Crippen molar-refractivity contribution in [2.45, 2.75) is 19.2 Å². The molecule has 1 atom stereocenters. The fourth-order valence-corrected chi connectivity index (χ4v) is 1.97. The van der Waals surface area contributed by atoms with E-state index >= 15 is 0 Å². The van der Waals surface area contributed by atoms with E-state index in [0.29, 0.717) is 25.3 Å². The van der Waals surface area contributed by atoms with Gasteiger partial charge in [-0.3, -0.25) is 9.58 Å². The molecule has 0 radical (unpaired) electrons. The van der Waals surface area contributed by atoms with Crippen LogP contribution in [0.25, 0.3) is 0 Å². The van der Waals surface area contributed by atoms with Crippen LogP contribution in [0.5, 0.6) is 0 Å². The van der Waals surface area contributed by atoms with Crippen molar-refractivity contribution in [3.05, 3.63) is 30.6 Å².